The quantitative estimate of drug-likeness (QED) is 0.200. The molecule has 0 aliphatic rings. The highest BCUT2D eigenvalue weighted by molar-refractivity contribution is 7.99. The second-order valence-electron chi connectivity index (χ2n) is 8.62. The zero-order valence-electron chi connectivity index (χ0n) is 20.7. The maximum Gasteiger partial charge on any atom is 0.234 e. The first kappa shape index (κ1) is 25.6. The standard InChI is InChI=1S/C30H25ClN4O2S/c1-21-6-5-9-23(18-21)29-33-34-30(35(29)26-14-10-24(31)11-15-26)38-20-28(36)32-25-12-16-27(17-13-25)37-19-22-7-3-2-4-8-22/h2-18H,19-20H2,1H3,(H,32,36). The van der Waals surface area contributed by atoms with Gasteiger partial charge in [0, 0.05) is 22.0 Å². The fourth-order valence-electron chi connectivity index (χ4n) is 3.86. The number of aryl methyl sites for hydroxylation is 1. The van der Waals surface area contributed by atoms with Gasteiger partial charge in [0.15, 0.2) is 11.0 Å². The number of thioether (sulfide) groups is 1. The zero-order chi connectivity index (χ0) is 26.3. The predicted octanol–water partition coefficient (Wildman–Crippen LogP) is 7.21. The lowest BCUT2D eigenvalue weighted by atomic mass is 10.1. The summed E-state index contributed by atoms with van der Waals surface area (Å²) in [6.07, 6.45) is 0. The van der Waals surface area contributed by atoms with E-state index < -0.39 is 0 Å². The Labute approximate surface area is 230 Å². The molecular weight excluding hydrogens is 516 g/mol. The van der Waals surface area contributed by atoms with Crippen molar-refractivity contribution in [1.29, 1.82) is 0 Å². The van der Waals surface area contributed by atoms with Gasteiger partial charge in [-0.25, -0.2) is 0 Å². The third-order valence-electron chi connectivity index (χ3n) is 5.71. The summed E-state index contributed by atoms with van der Waals surface area (Å²) in [5.41, 5.74) is 4.72. The molecule has 0 aliphatic heterocycles. The van der Waals surface area contributed by atoms with Gasteiger partial charge in [0.1, 0.15) is 12.4 Å². The van der Waals surface area contributed by atoms with E-state index in [0.717, 1.165) is 28.1 Å². The Kier molecular flexibility index (Phi) is 8.06. The van der Waals surface area contributed by atoms with Crippen LogP contribution in [0.4, 0.5) is 5.69 Å². The Bertz CT molecular complexity index is 1520. The third kappa shape index (κ3) is 6.43. The molecule has 0 fully saturated rings. The molecule has 0 atom stereocenters. The Morgan fingerprint density at radius 3 is 2.42 bits per heavy atom. The van der Waals surface area contributed by atoms with Crippen LogP contribution in [0.25, 0.3) is 17.1 Å². The fourth-order valence-corrected chi connectivity index (χ4v) is 4.74. The molecule has 6 nitrogen and oxygen atoms in total. The molecule has 0 saturated heterocycles. The average Bonchev–Trinajstić information content (AvgIpc) is 3.36. The SMILES string of the molecule is Cc1cccc(-c2nnc(SCC(=O)Nc3ccc(OCc4ccccc4)cc3)n2-c2ccc(Cl)cc2)c1. The lowest BCUT2D eigenvalue weighted by molar-refractivity contribution is -0.113. The van der Waals surface area contributed by atoms with Crippen molar-refractivity contribution in [2.45, 2.75) is 18.7 Å². The van der Waals surface area contributed by atoms with Crippen LogP contribution in [0.2, 0.25) is 5.02 Å². The molecule has 0 radical (unpaired) electrons. The number of nitrogens with zero attached hydrogens (tertiary/aromatic N) is 3. The molecule has 1 aromatic heterocycles. The van der Waals surface area contributed by atoms with Gasteiger partial charge in [-0.2, -0.15) is 0 Å². The number of nitrogens with one attached hydrogen (secondary N) is 1. The maximum atomic E-state index is 12.8. The molecule has 1 amide bonds. The number of amides is 1. The van der Waals surface area contributed by atoms with E-state index in [-0.39, 0.29) is 11.7 Å². The number of ether oxygens (including phenoxy) is 1. The highest BCUT2D eigenvalue weighted by atomic mass is 35.5. The largest absolute Gasteiger partial charge is 0.489 e. The van der Waals surface area contributed by atoms with Gasteiger partial charge in [-0.3, -0.25) is 9.36 Å². The van der Waals surface area contributed by atoms with E-state index in [0.29, 0.717) is 28.3 Å². The summed E-state index contributed by atoms with van der Waals surface area (Å²) in [6, 6.07) is 32.9. The van der Waals surface area contributed by atoms with Crippen LogP contribution in [-0.4, -0.2) is 26.4 Å². The van der Waals surface area contributed by atoms with Crippen LogP contribution in [0.3, 0.4) is 0 Å². The number of carbonyl (C=O) groups excluding carboxylic acids is 1. The predicted molar refractivity (Wildman–Crippen MR) is 153 cm³/mol. The highest BCUT2D eigenvalue weighted by Gasteiger charge is 2.17. The molecule has 190 valence electrons. The molecule has 38 heavy (non-hydrogen) atoms. The number of aromatic nitrogens is 3. The number of halogens is 1. The second kappa shape index (κ2) is 12.0. The highest BCUT2D eigenvalue weighted by Crippen LogP contribution is 2.29. The van der Waals surface area contributed by atoms with Crippen LogP contribution < -0.4 is 10.1 Å². The average molecular weight is 541 g/mol. The van der Waals surface area contributed by atoms with Crippen LogP contribution in [0.15, 0.2) is 108 Å². The number of benzene rings is 4. The molecule has 8 heteroatoms. The monoisotopic (exact) mass is 540 g/mol. The van der Waals surface area contributed by atoms with Crippen LogP contribution in [0.5, 0.6) is 5.75 Å². The summed E-state index contributed by atoms with van der Waals surface area (Å²) in [7, 11) is 0. The summed E-state index contributed by atoms with van der Waals surface area (Å²) >= 11 is 7.44. The Hall–Kier alpha value is -4.07. The minimum Gasteiger partial charge on any atom is -0.489 e. The number of hydrogen-bond acceptors (Lipinski definition) is 5. The molecule has 0 aliphatic carbocycles. The van der Waals surface area contributed by atoms with Crippen molar-refractivity contribution in [2.75, 3.05) is 11.1 Å². The van der Waals surface area contributed by atoms with Crippen molar-refractivity contribution in [2.24, 2.45) is 0 Å². The topological polar surface area (TPSA) is 69.0 Å². The molecular formula is C30H25ClN4O2S. The van der Waals surface area contributed by atoms with Crippen molar-refractivity contribution in [3.05, 3.63) is 119 Å². The first-order valence-electron chi connectivity index (χ1n) is 12.0. The smallest absolute Gasteiger partial charge is 0.234 e. The van der Waals surface area contributed by atoms with Gasteiger partial charge in [-0.1, -0.05) is 77.5 Å². The Balaban J connectivity index is 1.25. The molecule has 5 rings (SSSR count). The number of rotatable bonds is 9. The molecule has 5 aromatic rings. The number of anilines is 1. The van der Waals surface area contributed by atoms with E-state index in [1.54, 1.807) is 0 Å². The van der Waals surface area contributed by atoms with Crippen LogP contribution in [0, 0.1) is 6.92 Å². The first-order valence-corrected chi connectivity index (χ1v) is 13.4. The molecule has 0 spiro atoms. The first-order chi connectivity index (χ1) is 18.5. The van der Waals surface area contributed by atoms with Crippen molar-refractivity contribution in [3.8, 4) is 22.8 Å². The lowest BCUT2D eigenvalue weighted by Crippen LogP contribution is -2.14. The van der Waals surface area contributed by atoms with Gasteiger partial charge in [0.25, 0.3) is 0 Å². The van der Waals surface area contributed by atoms with Gasteiger partial charge in [0.05, 0.1) is 5.75 Å². The van der Waals surface area contributed by atoms with Crippen LogP contribution in [0.1, 0.15) is 11.1 Å². The summed E-state index contributed by atoms with van der Waals surface area (Å²) in [4.78, 5) is 12.8. The minimum atomic E-state index is -0.143. The van der Waals surface area contributed by atoms with E-state index >= 15 is 0 Å². The van der Waals surface area contributed by atoms with Gasteiger partial charge < -0.3 is 10.1 Å². The summed E-state index contributed by atoms with van der Waals surface area (Å²) in [5, 5.41) is 13.0. The zero-order valence-corrected chi connectivity index (χ0v) is 22.2. The van der Waals surface area contributed by atoms with E-state index in [4.69, 9.17) is 16.3 Å². The van der Waals surface area contributed by atoms with E-state index in [2.05, 4.69) is 21.6 Å². The molecule has 1 heterocycles. The van der Waals surface area contributed by atoms with Crippen molar-refractivity contribution >= 4 is 35.0 Å². The van der Waals surface area contributed by atoms with Crippen molar-refractivity contribution in [3.63, 3.8) is 0 Å². The summed E-state index contributed by atoms with van der Waals surface area (Å²) in [5.74, 6) is 1.47. The van der Waals surface area contributed by atoms with Gasteiger partial charge in [-0.15, -0.1) is 10.2 Å². The minimum absolute atomic E-state index is 0.143. The van der Waals surface area contributed by atoms with E-state index in [1.807, 2.05) is 109 Å². The fraction of sp³-hybridized carbons (Fsp3) is 0.100. The maximum absolute atomic E-state index is 12.8. The second-order valence-corrected chi connectivity index (χ2v) is 10.0. The number of hydrogen-bond donors (Lipinski definition) is 1. The van der Waals surface area contributed by atoms with E-state index in [1.165, 1.54) is 11.8 Å². The lowest BCUT2D eigenvalue weighted by Gasteiger charge is -2.11. The normalized spacial score (nSPS) is 10.8. The Morgan fingerprint density at radius 1 is 0.921 bits per heavy atom. The van der Waals surface area contributed by atoms with Crippen molar-refractivity contribution < 1.29 is 9.53 Å². The number of carbonyl (C=O) groups is 1. The summed E-state index contributed by atoms with van der Waals surface area (Å²) in [6.45, 7) is 2.52. The Morgan fingerprint density at radius 2 is 1.68 bits per heavy atom. The third-order valence-corrected chi connectivity index (χ3v) is 6.89. The molecule has 1 N–H and O–H groups in total. The van der Waals surface area contributed by atoms with Crippen molar-refractivity contribution in [1.82, 2.24) is 14.8 Å². The molecule has 4 aromatic carbocycles. The van der Waals surface area contributed by atoms with Gasteiger partial charge in [0.2, 0.25) is 5.91 Å². The summed E-state index contributed by atoms with van der Waals surface area (Å²) < 4.78 is 7.77. The van der Waals surface area contributed by atoms with Crippen LogP contribution >= 0.6 is 23.4 Å². The van der Waals surface area contributed by atoms with Crippen LogP contribution in [-0.2, 0) is 11.4 Å². The van der Waals surface area contributed by atoms with E-state index in [9.17, 15) is 4.79 Å². The molecule has 0 unspecified atom stereocenters. The van der Waals surface area contributed by atoms with Gasteiger partial charge in [-0.05, 0) is 67.1 Å². The van der Waals surface area contributed by atoms with Gasteiger partial charge >= 0.3 is 0 Å². The molecule has 0 bridgehead atoms. The molecule has 0 saturated carbocycles.